The smallest absolute Gasteiger partial charge is 0.243 e. The van der Waals surface area contributed by atoms with Gasteiger partial charge < -0.3 is 14.2 Å². The van der Waals surface area contributed by atoms with E-state index >= 15 is 0 Å². The van der Waals surface area contributed by atoms with Gasteiger partial charge in [-0.05, 0) is 56.4 Å². The van der Waals surface area contributed by atoms with Crippen molar-refractivity contribution in [3.8, 4) is 17.1 Å². The number of carbonyl (C=O) groups is 1. The standard InChI is InChI=1S/C29H37N3O2/c1-21-17-18-22(19-27(21)34-2)29-30-25-15-9-10-16-26(25)31(29)20-28(33)32(23-11-5-3-6-12-23)24-13-7-4-8-14-24/h9-10,15-19,23-24H,3-8,11-14,20H2,1-2H3. The Morgan fingerprint density at radius 3 is 2.26 bits per heavy atom. The van der Waals surface area contributed by atoms with Crippen molar-refractivity contribution >= 4 is 16.9 Å². The Morgan fingerprint density at radius 1 is 0.971 bits per heavy atom. The van der Waals surface area contributed by atoms with Crippen molar-refractivity contribution < 1.29 is 9.53 Å². The molecule has 180 valence electrons. The number of amides is 1. The quantitative estimate of drug-likeness (QED) is 0.422. The van der Waals surface area contributed by atoms with Crippen molar-refractivity contribution in [3.05, 3.63) is 48.0 Å². The van der Waals surface area contributed by atoms with Gasteiger partial charge in [-0.25, -0.2) is 4.98 Å². The van der Waals surface area contributed by atoms with Gasteiger partial charge in [-0.1, -0.05) is 62.8 Å². The molecule has 0 saturated heterocycles. The molecule has 5 heteroatoms. The number of carbonyl (C=O) groups excluding carboxylic acids is 1. The number of fused-ring (bicyclic) bond motifs is 1. The van der Waals surface area contributed by atoms with Crippen LogP contribution in [0.4, 0.5) is 0 Å². The van der Waals surface area contributed by atoms with E-state index in [0.717, 1.165) is 59.4 Å². The lowest BCUT2D eigenvalue weighted by Gasteiger charge is -2.42. The fourth-order valence-corrected chi connectivity index (χ4v) is 6.06. The number of methoxy groups -OCH3 is 1. The van der Waals surface area contributed by atoms with Gasteiger partial charge in [-0.2, -0.15) is 0 Å². The van der Waals surface area contributed by atoms with E-state index in [9.17, 15) is 4.79 Å². The molecule has 3 aromatic rings. The van der Waals surface area contributed by atoms with E-state index in [-0.39, 0.29) is 5.91 Å². The van der Waals surface area contributed by atoms with Crippen molar-refractivity contribution in [2.75, 3.05) is 7.11 Å². The number of hydrogen-bond donors (Lipinski definition) is 0. The first-order chi connectivity index (χ1) is 16.7. The van der Waals surface area contributed by atoms with Crippen LogP contribution in [0.25, 0.3) is 22.4 Å². The monoisotopic (exact) mass is 459 g/mol. The highest BCUT2D eigenvalue weighted by Crippen LogP contribution is 2.33. The summed E-state index contributed by atoms with van der Waals surface area (Å²) in [5.41, 5.74) is 4.00. The van der Waals surface area contributed by atoms with Gasteiger partial charge in [0, 0.05) is 17.6 Å². The number of hydrogen-bond acceptors (Lipinski definition) is 3. The highest BCUT2D eigenvalue weighted by Gasteiger charge is 2.33. The molecule has 1 aromatic heterocycles. The molecule has 5 nitrogen and oxygen atoms in total. The van der Waals surface area contributed by atoms with Crippen molar-refractivity contribution in [2.45, 2.75) is 89.8 Å². The van der Waals surface area contributed by atoms with Crippen molar-refractivity contribution in [3.63, 3.8) is 0 Å². The van der Waals surface area contributed by atoms with Crippen LogP contribution < -0.4 is 4.74 Å². The van der Waals surface area contributed by atoms with Crippen LogP contribution in [0.1, 0.15) is 69.8 Å². The maximum Gasteiger partial charge on any atom is 0.243 e. The Balaban J connectivity index is 1.52. The predicted octanol–water partition coefficient (Wildman–Crippen LogP) is 6.51. The minimum atomic E-state index is 0.252. The van der Waals surface area contributed by atoms with E-state index in [1.54, 1.807) is 7.11 Å². The molecule has 0 atom stereocenters. The van der Waals surface area contributed by atoms with Crippen molar-refractivity contribution in [1.82, 2.24) is 14.5 Å². The molecule has 2 aromatic carbocycles. The highest BCUT2D eigenvalue weighted by molar-refractivity contribution is 5.85. The van der Waals surface area contributed by atoms with Gasteiger partial charge in [0.15, 0.2) is 0 Å². The molecule has 0 bridgehead atoms. The zero-order valence-corrected chi connectivity index (χ0v) is 20.6. The average Bonchev–Trinajstić information content (AvgIpc) is 3.24. The molecule has 2 aliphatic rings. The predicted molar refractivity (Wildman–Crippen MR) is 137 cm³/mol. The number of aromatic nitrogens is 2. The van der Waals surface area contributed by atoms with Crippen LogP contribution in [-0.2, 0) is 11.3 Å². The van der Waals surface area contributed by atoms with Crippen molar-refractivity contribution in [2.24, 2.45) is 0 Å². The highest BCUT2D eigenvalue weighted by atomic mass is 16.5. The Labute approximate surface area is 203 Å². The number of nitrogens with zero attached hydrogens (tertiary/aromatic N) is 3. The van der Waals surface area contributed by atoms with Crippen LogP contribution >= 0.6 is 0 Å². The molecule has 1 heterocycles. The van der Waals surface area contributed by atoms with Crippen LogP contribution in [0.2, 0.25) is 0 Å². The van der Waals surface area contributed by atoms with Gasteiger partial charge in [0.1, 0.15) is 18.1 Å². The van der Waals surface area contributed by atoms with Crippen LogP contribution in [0.15, 0.2) is 42.5 Å². The second-order valence-electron chi connectivity index (χ2n) is 10.1. The van der Waals surface area contributed by atoms with Crippen LogP contribution in [-0.4, -0.2) is 39.6 Å². The Hall–Kier alpha value is -2.82. The second kappa shape index (κ2) is 10.2. The first-order valence-corrected chi connectivity index (χ1v) is 13.1. The molecule has 0 N–H and O–H groups in total. The van der Waals surface area contributed by atoms with Gasteiger partial charge in [-0.15, -0.1) is 0 Å². The first kappa shape index (κ1) is 22.9. The lowest BCUT2D eigenvalue weighted by Crippen LogP contribution is -2.50. The zero-order chi connectivity index (χ0) is 23.5. The molecule has 1 amide bonds. The third-order valence-corrected chi connectivity index (χ3v) is 7.84. The topological polar surface area (TPSA) is 47.4 Å². The van der Waals surface area contributed by atoms with Gasteiger partial charge in [0.25, 0.3) is 0 Å². The number of benzene rings is 2. The van der Waals surface area contributed by atoms with Crippen molar-refractivity contribution in [1.29, 1.82) is 0 Å². The molecule has 0 spiro atoms. The summed E-state index contributed by atoms with van der Waals surface area (Å²) in [5.74, 6) is 1.93. The van der Waals surface area contributed by atoms with E-state index in [0.29, 0.717) is 18.6 Å². The lowest BCUT2D eigenvalue weighted by atomic mass is 9.88. The van der Waals surface area contributed by atoms with Gasteiger partial charge in [-0.3, -0.25) is 4.79 Å². The number of para-hydroxylation sites is 2. The molecule has 0 aliphatic heterocycles. The summed E-state index contributed by atoms with van der Waals surface area (Å²) in [6.07, 6.45) is 12.2. The third-order valence-electron chi connectivity index (χ3n) is 7.84. The molecule has 5 rings (SSSR count). The number of ether oxygens (including phenoxy) is 1. The fraction of sp³-hybridized carbons (Fsp3) is 0.517. The summed E-state index contributed by atoms with van der Waals surface area (Å²) < 4.78 is 7.71. The zero-order valence-electron chi connectivity index (χ0n) is 20.6. The third kappa shape index (κ3) is 4.57. The fourth-order valence-electron chi connectivity index (χ4n) is 6.06. The molecule has 0 radical (unpaired) electrons. The molecule has 2 aliphatic carbocycles. The summed E-state index contributed by atoms with van der Waals surface area (Å²) in [4.78, 5) is 21.3. The minimum absolute atomic E-state index is 0.252. The largest absolute Gasteiger partial charge is 0.496 e. The summed E-state index contributed by atoms with van der Waals surface area (Å²) >= 11 is 0. The first-order valence-electron chi connectivity index (χ1n) is 13.1. The Kier molecular flexibility index (Phi) is 6.89. The van der Waals surface area contributed by atoms with Crippen LogP contribution in [0.3, 0.4) is 0 Å². The number of imidazole rings is 1. The maximum atomic E-state index is 14.1. The summed E-state index contributed by atoms with van der Waals surface area (Å²) in [7, 11) is 1.70. The van der Waals surface area contributed by atoms with E-state index < -0.39 is 0 Å². The molecular formula is C29H37N3O2. The molecule has 0 unspecified atom stereocenters. The normalized spacial score (nSPS) is 17.7. The maximum absolute atomic E-state index is 14.1. The summed E-state index contributed by atoms with van der Waals surface area (Å²) in [6.45, 7) is 2.38. The second-order valence-corrected chi connectivity index (χ2v) is 10.1. The SMILES string of the molecule is COc1cc(-c2nc3ccccc3n2CC(=O)N(C2CCCCC2)C2CCCCC2)ccc1C. The van der Waals surface area contributed by atoms with E-state index in [1.807, 2.05) is 31.2 Å². The number of rotatable bonds is 6. The summed E-state index contributed by atoms with van der Waals surface area (Å²) in [6, 6.07) is 15.1. The molecule has 2 saturated carbocycles. The van der Waals surface area contributed by atoms with Gasteiger partial charge in [0.2, 0.25) is 5.91 Å². The van der Waals surface area contributed by atoms with E-state index in [4.69, 9.17) is 9.72 Å². The van der Waals surface area contributed by atoms with Gasteiger partial charge >= 0.3 is 0 Å². The molecular weight excluding hydrogens is 422 g/mol. The van der Waals surface area contributed by atoms with E-state index in [2.05, 4.69) is 27.7 Å². The van der Waals surface area contributed by atoms with Gasteiger partial charge in [0.05, 0.1) is 18.1 Å². The number of aryl methyl sites for hydroxylation is 1. The van der Waals surface area contributed by atoms with Crippen LogP contribution in [0.5, 0.6) is 5.75 Å². The van der Waals surface area contributed by atoms with Crippen LogP contribution in [0, 0.1) is 6.92 Å². The Bertz CT molecular complexity index is 1120. The van der Waals surface area contributed by atoms with E-state index in [1.165, 1.54) is 38.5 Å². The molecule has 34 heavy (non-hydrogen) atoms. The minimum Gasteiger partial charge on any atom is -0.496 e. The summed E-state index contributed by atoms with van der Waals surface area (Å²) in [5, 5.41) is 0. The Morgan fingerprint density at radius 2 is 1.62 bits per heavy atom. The lowest BCUT2D eigenvalue weighted by molar-refractivity contribution is -0.138. The molecule has 2 fully saturated rings. The average molecular weight is 460 g/mol.